The van der Waals surface area contributed by atoms with Crippen molar-refractivity contribution in [2.24, 2.45) is 5.92 Å². The van der Waals surface area contributed by atoms with Gasteiger partial charge in [-0.15, -0.1) is 10.2 Å². The molecule has 1 atom stereocenters. The number of carbonyl (C=O) groups excluding carboxylic acids is 1. The number of benzene rings is 1. The molecule has 7 heteroatoms. The molecule has 1 aliphatic heterocycles. The molecule has 25 heavy (non-hydrogen) atoms. The molecule has 1 amide bonds. The highest BCUT2D eigenvalue weighted by Crippen LogP contribution is 2.17. The van der Waals surface area contributed by atoms with E-state index in [1.54, 1.807) is 4.80 Å². The number of aromatic nitrogens is 4. The van der Waals surface area contributed by atoms with Crippen molar-refractivity contribution < 1.29 is 9.90 Å². The number of aryl methyl sites for hydroxylation is 1. The molecule has 1 aliphatic rings. The molecule has 1 N–H and O–H groups in total. The summed E-state index contributed by atoms with van der Waals surface area (Å²) in [6.45, 7) is 2.36. The van der Waals surface area contributed by atoms with Gasteiger partial charge in [0.05, 0.1) is 6.54 Å². The molecule has 0 saturated carbocycles. The Morgan fingerprint density at radius 2 is 2.04 bits per heavy atom. The van der Waals surface area contributed by atoms with Crippen LogP contribution in [0.2, 0.25) is 0 Å². The summed E-state index contributed by atoms with van der Waals surface area (Å²) in [5, 5.41) is 21.8. The number of tetrazole rings is 1. The Hall–Kier alpha value is -2.28. The van der Waals surface area contributed by atoms with Crippen LogP contribution in [-0.2, 0) is 11.3 Å². The van der Waals surface area contributed by atoms with E-state index in [1.165, 1.54) is 0 Å². The zero-order valence-electron chi connectivity index (χ0n) is 14.4. The molecule has 1 saturated heterocycles. The molecule has 1 unspecified atom stereocenters. The minimum Gasteiger partial charge on any atom is -0.396 e. The molecule has 0 spiro atoms. The Kier molecular flexibility index (Phi) is 6.11. The second kappa shape index (κ2) is 8.71. The number of hydrogen-bond acceptors (Lipinski definition) is 5. The zero-order valence-corrected chi connectivity index (χ0v) is 14.4. The van der Waals surface area contributed by atoms with Gasteiger partial charge in [0.25, 0.3) is 0 Å². The first kappa shape index (κ1) is 17.5. The van der Waals surface area contributed by atoms with E-state index in [1.807, 2.05) is 35.2 Å². The first-order valence-electron chi connectivity index (χ1n) is 8.98. The van der Waals surface area contributed by atoms with Crippen LogP contribution in [0.1, 0.15) is 32.1 Å². The Morgan fingerprint density at radius 1 is 1.20 bits per heavy atom. The van der Waals surface area contributed by atoms with Crippen molar-refractivity contribution in [2.45, 2.75) is 38.6 Å². The number of nitrogens with zero attached hydrogens (tertiary/aromatic N) is 5. The average Bonchev–Trinajstić information content (AvgIpc) is 2.98. The van der Waals surface area contributed by atoms with Crippen molar-refractivity contribution in [1.29, 1.82) is 0 Å². The maximum Gasteiger partial charge on any atom is 0.222 e. The number of amides is 1. The van der Waals surface area contributed by atoms with Crippen molar-refractivity contribution >= 4 is 5.91 Å². The fourth-order valence-electron chi connectivity index (χ4n) is 3.17. The van der Waals surface area contributed by atoms with E-state index in [2.05, 4.69) is 15.4 Å². The van der Waals surface area contributed by atoms with Gasteiger partial charge in [0.2, 0.25) is 11.7 Å². The first-order valence-corrected chi connectivity index (χ1v) is 8.98. The van der Waals surface area contributed by atoms with Crippen LogP contribution in [0.5, 0.6) is 0 Å². The third kappa shape index (κ3) is 4.85. The smallest absolute Gasteiger partial charge is 0.222 e. The van der Waals surface area contributed by atoms with Crippen LogP contribution in [0.25, 0.3) is 11.4 Å². The Morgan fingerprint density at radius 3 is 2.84 bits per heavy atom. The van der Waals surface area contributed by atoms with Gasteiger partial charge in [0.15, 0.2) is 0 Å². The molecule has 1 aromatic heterocycles. The largest absolute Gasteiger partial charge is 0.396 e. The van der Waals surface area contributed by atoms with E-state index in [-0.39, 0.29) is 12.5 Å². The molecule has 2 heterocycles. The third-order valence-electron chi connectivity index (χ3n) is 4.69. The number of rotatable bonds is 6. The Balaban J connectivity index is 1.45. The minimum atomic E-state index is 0.182. The van der Waals surface area contributed by atoms with Gasteiger partial charge >= 0.3 is 0 Å². The monoisotopic (exact) mass is 343 g/mol. The maximum atomic E-state index is 12.4. The van der Waals surface area contributed by atoms with Crippen LogP contribution in [0.4, 0.5) is 0 Å². The van der Waals surface area contributed by atoms with Crippen LogP contribution in [0, 0.1) is 5.92 Å². The predicted molar refractivity (Wildman–Crippen MR) is 93.5 cm³/mol. The lowest BCUT2D eigenvalue weighted by Gasteiger charge is -2.20. The highest BCUT2D eigenvalue weighted by Gasteiger charge is 2.19. The van der Waals surface area contributed by atoms with Crippen molar-refractivity contribution in [3.8, 4) is 11.4 Å². The average molecular weight is 343 g/mol. The Labute approximate surface area is 147 Å². The van der Waals surface area contributed by atoms with E-state index in [9.17, 15) is 9.90 Å². The van der Waals surface area contributed by atoms with Crippen LogP contribution in [0.3, 0.4) is 0 Å². The van der Waals surface area contributed by atoms with E-state index in [0.29, 0.717) is 31.1 Å². The van der Waals surface area contributed by atoms with Crippen molar-refractivity contribution in [3.05, 3.63) is 30.3 Å². The SMILES string of the molecule is O=C(CCCn1nnc(-c2ccccc2)n1)N1CCCC(CO)CC1. The molecule has 0 aliphatic carbocycles. The second-order valence-electron chi connectivity index (χ2n) is 6.54. The third-order valence-corrected chi connectivity index (χ3v) is 4.69. The molecule has 1 fully saturated rings. The normalized spacial score (nSPS) is 18.1. The van der Waals surface area contributed by atoms with Gasteiger partial charge in [-0.1, -0.05) is 30.3 Å². The molecule has 134 valence electrons. The summed E-state index contributed by atoms with van der Waals surface area (Å²) in [7, 11) is 0. The number of hydrogen-bond donors (Lipinski definition) is 1. The predicted octanol–water partition coefficient (Wildman–Crippen LogP) is 1.74. The summed E-state index contributed by atoms with van der Waals surface area (Å²) in [5.41, 5.74) is 0.938. The topological polar surface area (TPSA) is 84.1 Å². The van der Waals surface area contributed by atoms with Gasteiger partial charge in [-0.3, -0.25) is 4.79 Å². The van der Waals surface area contributed by atoms with Gasteiger partial charge in [0, 0.05) is 31.7 Å². The number of carbonyl (C=O) groups is 1. The molecule has 3 rings (SSSR count). The van der Waals surface area contributed by atoms with E-state index in [0.717, 1.165) is 37.9 Å². The fourth-order valence-corrected chi connectivity index (χ4v) is 3.17. The van der Waals surface area contributed by atoms with Gasteiger partial charge in [-0.05, 0) is 36.8 Å². The molecule has 0 bridgehead atoms. The number of aliphatic hydroxyl groups is 1. The summed E-state index contributed by atoms with van der Waals surface area (Å²) in [4.78, 5) is 15.8. The molecular weight excluding hydrogens is 318 g/mol. The summed E-state index contributed by atoms with van der Waals surface area (Å²) in [6, 6.07) is 9.73. The van der Waals surface area contributed by atoms with E-state index < -0.39 is 0 Å². The molecule has 0 radical (unpaired) electrons. The lowest BCUT2D eigenvalue weighted by atomic mass is 10.0. The lowest BCUT2D eigenvalue weighted by molar-refractivity contribution is -0.131. The minimum absolute atomic E-state index is 0.182. The molecule has 7 nitrogen and oxygen atoms in total. The number of aliphatic hydroxyl groups excluding tert-OH is 1. The lowest BCUT2D eigenvalue weighted by Crippen LogP contribution is -2.32. The quantitative estimate of drug-likeness (QED) is 0.864. The van der Waals surface area contributed by atoms with Gasteiger partial charge in [0.1, 0.15) is 0 Å². The molecule has 1 aromatic carbocycles. The van der Waals surface area contributed by atoms with Crippen LogP contribution in [0.15, 0.2) is 30.3 Å². The Bertz CT molecular complexity index is 673. The van der Waals surface area contributed by atoms with E-state index >= 15 is 0 Å². The van der Waals surface area contributed by atoms with Crippen LogP contribution in [-0.4, -0.2) is 55.8 Å². The summed E-state index contributed by atoms with van der Waals surface area (Å²) < 4.78 is 0. The summed E-state index contributed by atoms with van der Waals surface area (Å²) in [6.07, 6.45) is 4.07. The van der Waals surface area contributed by atoms with Gasteiger partial charge in [-0.25, -0.2) is 0 Å². The van der Waals surface area contributed by atoms with Gasteiger partial charge in [-0.2, -0.15) is 4.80 Å². The molecular formula is C18H25N5O2. The summed E-state index contributed by atoms with van der Waals surface area (Å²) in [5.74, 6) is 1.13. The highest BCUT2D eigenvalue weighted by molar-refractivity contribution is 5.76. The van der Waals surface area contributed by atoms with Crippen molar-refractivity contribution in [2.75, 3.05) is 19.7 Å². The zero-order chi connectivity index (χ0) is 17.5. The van der Waals surface area contributed by atoms with Crippen LogP contribution >= 0.6 is 0 Å². The maximum absolute atomic E-state index is 12.4. The van der Waals surface area contributed by atoms with Crippen molar-refractivity contribution in [1.82, 2.24) is 25.1 Å². The first-order chi connectivity index (χ1) is 12.3. The molecule has 2 aromatic rings. The van der Waals surface area contributed by atoms with E-state index in [4.69, 9.17) is 0 Å². The van der Waals surface area contributed by atoms with Crippen LogP contribution < -0.4 is 0 Å². The highest BCUT2D eigenvalue weighted by atomic mass is 16.3. The van der Waals surface area contributed by atoms with Crippen molar-refractivity contribution in [3.63, 3.8) is 0 Å². The van der Waals surface area contributed by atoms with Gasteiger partial charge < -0.3 is 10.0 Å². The number of likely N-dealkylation sites (tertiary alicyclic amines) is 1. The summed E-state index contributed by atoms with van der Waals surface area (Å²) >= 11 is 0. The fraction of sp³-hybridized carbons (Fsp3) is 0.556. The second-order valence-corrected chi connectivity index (χ2v) is 6.54. The standard InChI is InChI=1S/C18H25N5O2/c24-14-15-6-4-11-22(13-10-15)17(25)9-5-12-23-20-18(19-21-23)16-7-2-1-3-8-16/h1-3,7-8,15,24H,4-6,9-14H2.